The van der Waals surface area contributed by atoms with Gasteiger partial charge in [0.15, 0.2) is 0 Å². The Balaban J connectivity index is 1.96. The molecule has 0 saturated carbocycles. The van der Waals surface area contributed by atoms with Crippen LogP contribution < -0.4 is 0 Å². The zero-order chi connectivity index (χ0) is 33.0. The van der Waals surface area contributed by atoms with Crippen molar-refractivity contribution in [3.8, 4) is 0 Å². The molecule has 1 spiro atoms. The zero-order valence-corrected chi connectivity index (χ0v) is 31.5. The molecule has 0 amide bonds. The van der Waals surface area contributed by atoms with Crippen LogP contribution >= 0.6 is 0 Å². The molecule has 0 aliphatic carbocycles. The van der Waals surface area contributed by atoms with Gasteiger partial charge in [-0.1, -0.05) is 0 Å². The predicted molar refractivity (Wildman–Crippen MR) is 213 cm³/mol. The van der Waals surface area contributed by atoms with Gasteiger partial charge in [0.1, 0.15) is 0 Å². The van der Waals surface area contributed by atoms with Crippen molar-refractivity contribution in [3.63, 3.8) is 0 Å². The van der Waals surface area contributed by atoms with Crippen LogP contribution in [-0.4, -0.2) is 26.7 Å². The van der Waals surface area contributed by atoms with E-state index in [-0.39, 0.29) is 0 Å². The van der Waals surface area contributed by atoms with E-state index in [1.807, 2.05) is 0 Å². The average Bonchev–Trinajstić information content (AvgIpc) is 3.60. The summed E-state index contributed by atoms with van der Waals surface area (Å²) in [5, 5.41) is 0. The van der Waals surface area contributed by atoms with E-state index in [1.54, 1.807) is 39.7 Å². The summed E-state index contributed by atoms with van der Waals surface area (Å²) in [5.74, 6) is 0. The number of hydrogen-bond donors (Lipinski definition) is 0. The van der Waals surface area contributed by atoms with E-state index in [0.29, 0.717) is 13.4 Å². The molecule has 47 heavy (non-hydrogen) atoms. The first kappa shape index (κ1) is 33.4. The van der Waals surface area contributed by atoms with Gasteiger partial charge in [-0.05, 0) is 0 Å². The van der Waals surface area contributed by atoms with Gasteiger partial charge in [-0.25, -0.2) is 0 Å². The molecule has 236 valence electrons. The second kappa shape index (κ2) is 14.7. The van der Waals surface area contributed by atoms with Gasteiger partial charge in [0, 0.05) is 0 Å². The van der Waals surface area contributed by atoms with Gasteiger partial charge < -0.3 is 0 Å². The van der Waals surface area contributed by atoms with Crippen LogP contribution in [0.3, 0.4) is 0 Å². The van der Waals surface area contributed by atoms with Crippen molar-refractivity contribution >= 4 is 44.3 Å². The zero-order valence-electron chi connectivity index (χ0n) is 29.4. The molecule has 0 unspecified atom stereocenters. The monoisotopic (exact) mass is 674 g/mol. The third kappa shape index (κ3) is 5.51. The van der Waals surface area contributed by atoms with Crippen LogP contribution in [0, 0.1) is 0 Å². The van der Waals surface area contributed by atoms with E-state index >= 15 is 0 Å². The first-order valence-corrected chi connectivity index (χ1v) is 22.5. The Morgan fingerprint density at radius 3 is 0.851 bits per heavy atom. The fraction of sp³-hybridized carbons (Fsp3) is 0.273. The third-order valence-electron chi connectivity index (χ3n) is 11.0. The maximum atomic E-state index is 2.44. The summed E-state index contributed by atoms with van der Waals surface area (Å²) in [4.78, 5) is 0. The van der Waals surface area contributed by atoms with Crippen LogP contribution in [0.1, 0.15) is 76.6 Å². The first-order valence-electron chi connectivity index (χ1n) is 18.3. The molecule has 2 aliphatic rings. The van der Waals surface area contributed by atoms with Gasteiger partial charge in [0.2, 0.25) is 0 Å². The van der Waals surface area contributed by atoms with Crippen LogP contribution in [0.25, 0.3) is 17.6 Å². The van der Waals surface area contributed by atoms with E-state index in [1.165, 1.54) is 22.3 Å². The van der Waals surface area contributed by atoms with E-state index < -0.39 is 13.3 Å². The molecule has 4 aromatic carbocycles. The molecule has 6 rings (SSSR count). The first-order chi connectivity index (χ1) is 23.1. The summed E-state index contributed by atoms with van der Waals surface area (Å²) in [6, 6.07) is 46.5. The molecule has 2 aliphatic heterocycles. The predicted octanol–water partition coefficient (Wildman–Crippen LogP) is 12.4. The number of hydrogen-bond acceptors (Lipinski definition) is 0. The molecule has 0 aromatic heterocycles. The van der Waals surface area contributed by atoms with Crippen LogP contribution in [0.4, 0.5) is 0 Å². The maximum absolute atomic E-state index is 3.78. The second-order valence-corrected chi connectivity index (χ2v) is 20.6. The fourth-order valence-electron chi connectivity index (χ4n) is 9.15. The molecule has 0 N–H and O–H groups in total. The Bertz CT molecular complexity index is 1670. The molecule has 0 radical (unpaired) electrons. The van der Waals surface area contributed by atoms with Gasteiger partial charge >= 0.3 is 290 Å². The minimum absolute atomic E-state index is 0.514. The van der Waals surface area contributed by atoms with Crippen LogP contribution in [0.15, 0.2) is 143 Å². The Hall–Kier alpha value is -3.49. The molecule has 4 aromatic rings. The van der Waals surface area contributed by atoms with Crippen molar-refractivity contribution in [3.05, 3.63) is 166 Å². The van der Waals surface area contributed by atoms with E-state index in [0.717, 1.165) is 38.1 Å². The van der Waals surface area contributed by atoms with Gasteiger partial charge in [0.05, 0.1) is 0 Å². The van der Waals surface area contributed by atoms with E-state index in [9.17, 15) is 0 Å². The van der Waals surface area contributed by atoms with Crippen molar-refractivity contribution < 1.29 is 0 Å². The van der Waals surface area contributed by atoms with Crippen molar-refractivity contribution in [2.24, 2.45) is 0 Å². The summed E-state index contributed by atoms with van der Waals surface area (Å²) < 4.78 is 6.80. The van der Waals surface area contributed by atoms with Gasteiger partial charge in [-0.2, -0.15) is 0 Å². The summed E-state index contributed by atoms with van der Waals surface area (Å²) in [5.41, 5.74) is 12.3. The topological polar surface area (TPSA) is 0 Å². The molecule has 0 saturated heterocycles. The van der Waals surface area contributed by atoms with Crippen molar-refractivity contribution in [1.29, 1.82) is 0 Å². The quantitative estimate of drug-likeness (QED) is 0.131. The molecular weight excluding hydrogens is 623 g/mol. The summed E-state index contributed by atoms with van der Waals surface area (Å²) >= 11 is -3.78. The third-order valence-corrected chi connectivity index (χ3v) is 22.2. The number of allylic oxidation sites excluding steroid dienone is 4. The van der Waals surface area contributed by atoms with Gasteiger partial charge in [-0.3, -0.25) is 0 Å². The summed E-state index contributed by atoms with van der Waals surface area (Å²) in [6.45, 7) is 15.6. The number of benzene rings is 4. The molecule has 0 nitrogen and oxygen atoms in total. The average molecular weight is 673 g/mol. The summed E-state index contributed by atoms with van der Waals surface area (Å²) in [6.07, 6.45) is 6.71. The Morgan fingerprint density at radius 1 is 0.362 bits per heavy atom. The second-order valence-electron chi connectivity index (χ2n) is 13.2. The Morgan fingerprint density at radius 2 is 0.617 bits per heavy atom. The van der Waals surface area contributed by atoms with Crippen LogP contribution in [0.5, 0.6) is 0 Å². The molecule has 0 atom stereocenters. The number of rotatable bonds is 12. The Kier molecular flexibility index (Phi) is 10.5. The van der Waals surface area contributed by atoms with Crippen LogP contribution in [0.2, 0.25) is 25.3 Å². The van der Waals surface area contributed by atoms with Crippen molar-refractivity contribution in [2.75, 3.05) is 0 Å². The molecule has 2 heterocycles. The Labute approximate surface area is 288 Å². The van der Waals surface area contributed by atoms with Crippen molar-refractivity contribution in [2.45, 2.75) is 79.7 Å². The standard InChI is InChI=1S/C44H50B2Ge/c1-7-37-39(45(9-3)10-4)43(35-29-21-15-22-30-35)47(41(37)33-25-17-13-18-26-33)42(34-27-19-14-20-28-34)38(8-2)40(46(11-5)12-6)44(47)36-31-23-16-24-32-36/h13-32H,7-12H2,1-6H3. The molecule has 0 fully saturated rings. The molecule has 0 bridgehead atoms. The minimum atomic E-state index is -3.78. The van der Waals surface area contributed by atoms with Crippen LogP contribution in [-0.2, 0) is 0 Å². The molecular formula is C44H50B2Ge. The van der Waals surface area contributed by atoms with E-state index in [4.69, 9.17) is 0 Å². The van der Waals surface area contributed by atoms with Gasteiger partial charge in [-0.15, -0.1) is 0 Å². The van der Waals surface area contributed by atoms with E-state index in [2.05, 4.69) is 163 Å². The SMILES string of the molecule is CCB(CC)C1=[C](c2ccccc2)[Ge]2([C](c3ccccc3)=C1CC)[C](c1ccccc1)=C(CC)C(B(CC)CC)=[C]2c1ccccc1. The molecule has 3 heteroatoms. The van der Waals surface area contributed by atoms with Gasteiger partial charge in [0.25, 0.3) is 0 Å². The summed E-state index contributed by atoms with van der Waals surface area (Å²) in [7, 11) is 0. The van der Waals surface area contributed by atoms with Crippen molar-refractivity contribution in [1.82, 2.24) is 0 Å². The normalized spacial score (nSPS) is 15.8. The fourth-order valence-corrected chi connectivity index (χ4v) is 23.7.